The number of fused-ring (bicyclic) bond motifs is 1. The van der Waals surface area contributed by atoms with E-state index >= 15 is 0 Å². The molecule has 0 spiro atoms. The maximum atomic E-state index is 12.1. The fourth-order valence-corrected chi connectivity index (χ4v) is 2.27. The molecule has 3 N–H and O–H groups in total. The Hall–Kier alpha value is -1.95. The zero-order valence-electron chi connectivity index (χ0n) is 12.2. The summed E-state index contributed by atoms with van der Waals surface area (Å²) in [6, 6.07) is 6.99. The lowest BCUT2D eigenvalue weighted by atomic mass is 10.1. The molecule has 6 nitrogen and oxygen atoms in total. The van der Waals surface area contributed by atoms with Crippen molar-refractivity contribution in [1.29, 1.82) is 0 Å². The van der Waals surface area contributed by atoms with E-state index in [-0.39, 0.29) is 18.3 Å². The van der Waals surface area contributed by atoms with Gasteiger partial charge in [-0.05, 0) is 26.0 Å². The van der Waals surface area contributed by atoms with E-state index in [1.807, 2.05) is 29.2 Å². The third-order valence-corrected chi connectivity index (χ3v) is 3.30. The van der Waals surface area contributed by atoms with E-state index in [9.17, 15) is 9.59 Å². The van der Waals surface area contributed by atoms with Crippen LogP contribution in [-0.2, 0) is 4.79 Å². The van der Waals surface area contributed by atoms with Gasteiger partial charge >= 0.3 is 6.03 Å². The van der Waals surface area contributed by atoms with Gasteiger partial charge in [0.05, 0.1) is 11.4 Å². The first-order chi connectivity index (χ1) is 9.63. The maximum absolute atomic E-state index is 12.1. The summed E-state index contributed by atoms with van der Waals surface area (Å²) in [5.41, 5.74) is 1.99. The number of amides is 3. The summed E-state index contributed by atoms with van der Waals surface area (Å²) in [4.78, 5) is 25.5. The number of carbonyl (C=O) groups is 2. The molecule has 1 aliphatic heterocycles. The second-order valence-electron chi connectivity index (χ2n) is 4.66. The highest BCUT2D eigenvalue weighted by Crippen LogP contribution is 2.29. The van der Waals surface area contributed by atoms with Crippen LogP contribution in [0.1, 0.15) is 13.8 Å². The van der Waals surface area contributed by atoms with Crippen molar-refractivity contribution >= 4 is 35.7 Å². The van der Waals surface area contributed by atoms with Gasteiger partial charge in [-0.3, -0.25) is 10.1 Å². The van der Waals surface area contributed by atoms with Crippen molar-refractivity contribution in [2.24, 2.45) is 0 Å². The summed E-state index contributed by atoms with van der Waals surface area (Å²) < 4.78 is 0. The highest BCUT2D eigenvalue weighted by atomic mass is 35.5. The van der Waals surface area contributed by atoms with E-state index in [2.05, 4.69) is 16.0 Å². The number of hydrogen-bond acceptors (Lipinski definition) is 4. The van der Waals surface area contributed by atoms with Crippen LogP contribution in [0.5, 0.6) is 0 Å². The number of para-hydroxylation sites is 2. The number of nitrogens with zero attached hydrogens (tertiary/aromatic N) is 1. The summed E-state index contributed by atoms with van der Waals surface area (Å²) in [5, 5.41) is 8.20. The summed E-state index contributed by atoms with van der Waals surface area (Å²) in [6.07, 6.45) is 0. The normalized spacial score (nSPS) is 14.1. The molecular weight excluding hydrogens is 292 g/mol. The minimum atomic E-state index is -0.451. The molecule has 21 heavy (non-hydrogen) atoms. The Bertz CT molecular complexity index is 510. The number of nitrogens with one attached hydrogen (secondary N) is 3. The van der Waals surface area contributed by atoms with Crippen LogP contribution in [0.4, 0.5) is 16.2 Å². The highest BCUT2D eigenvalue weighted by molar-refractivity contribution is 5.98. The quantitative estimate of drug-likeness (QED) is 0.792. The number of halogens is 1. The Morgan fingerprint density at radius 3 is 2.81 bits per heavy atom. The molecule has 1 aromatic carbocycles. The van der Waals surface area contributed by atoms with Gasteiger partial charge < -0.3 is 15.5 Å². The summed E-state index contributed by atoms with van der Waals surface area (Å²) in [6.45, 7) is 5.59. The third-order valence-electron chi connectivity index (χ3n) is 3.30. The van der Waals surface area contributed by atoms with Crippen molar-refractivity contribution in [2.45, 2.75) is 19.9 Å². The van der Waals surface area contributed by atoms with Gasteiger partial charge in [0.2, 0.25) is 5.91 Å². The van der Waals surface area contributed by atoms with Gasteiger partial charge in [-0.15, -0.1) is 12.4 Å². The molecule has 116 valence electrons. The van der Waals surface area contributed by atoms with Crippen LogP contribution in [0, 0.1) is 0 Å². The maximum Gasteiger partial charge on any atom is 0.321 e. The Morgan fingerprint density at radius 1 is 1.38 bits per heavy atom. The lowest BCUT2D eigenvalue weighted by Gasteiger charge is -2.35. The zero-order valence-corrected chi connectivity index (χ0v) is 13.0. The molecule has 1 aromatic rings. The first-order valence-electron chi connectivity index (χ1n) is 6.81. The average molecular weight is 313 g/mol. The van der Waals surface area contributed by atoms with Crippen molar-refractivity contribution in [3.05, 3.63) is 24.3 Å². The summed E-state index contributed by atoms with van der Waals surface area (Å²) in [7, 11) is 0. The lowest BCUT2D eigenvalue weighted by molar-refractivity contribution is -0.121. The molecule has 0 saturated heterocycles. The van der Waals surface area contributed by atoms with Crippen LogP contribution >= 0.6 is 12.4 Å². The molecule has 7 heteroatoms. The monoisotopic (exact) mass is 312 g/mol. The van der Waals surface area contributed by atoms with Crippen LogP contribution in [0.2, 0.25) is 0 Å². The first-order valence-corrected chi connectivity index (χ1v) is 6.81. The summed E-state index contributed by atoms with van der Waals surface area (Å²) in [5.74, 6) is -0.298. The van der Waals surface area contributed by atoms with Crippen molar-refractivity contribution in [3.63, 3.8) is 0 Å². The van der Waals surface area contributed by atoms with Gasteiger partial charge in [0.1, 0.15) is 6.04 Å². The lowest BCUT2D eigenvalue weighted by Crippen LogP contribution is -2.51. The van der Waals surface area contributed by atoms with Crippen LogP contribution in [0.25, 0.3) is 0 Å². The Kier molecular flexibility index (Phi) is 6.30. The van der Waals surface area contributed by atoms with E-state index < -0.39 is 12.1 Å². The van der Waals surface area contributed by atoms with Gasteiger partial charge in [-0.1, -0.05) is 12.1 Å². The minimum Gasteiger partial charge on any atom is -0.382 e. The zero-order chi connectivity index (χ0) is 14.5. The highest BCUT2D eigenvalue weighted by Gasteiger charge is 2.26. The van der Waals surface area contributed by atoms with Gasteiger partial charge in [0.15, 0.2) is 0 Å². The molecule has 0 fully saturated rings. The molecule has 0 aliphatic carbocycles. The topological polar surface area (TPSA) is 73.5 Å². The van der Waals surface area contributed by atoms with Crippen molar-refractivity contribution in [3.8, 4) is 0 Å². The van der Waals surface area contributed by atoms with Gasteiger partial charge in [-0.2, -0.15) is 0 Å². The van der Waals surface area contributed by atoms with Crippen LogP contribution in [0.15, 0.2) is 24.3 Å². The molecule has 1 heterocycles. The molecule has 0 saturated carbocycles. The second-order valence-corrected chi connectivity index (χ2v) is 4.66. The first kappa shape index (κ1) is 17.1. The average Bonchev–Trinajstić information content (AvgIpc) is 2.46. The fraction of sp³-hybridized carbons (Fsp3) is 0.429. The number of urea groups is 1. The fourth-order valence-electron chi connectivity index (χ4n) is 2.27. The van der Waals surface area contributed by atoms with Crippen LogP contribution in [0.3, 0.4) is 0 Å². The van der Waals surface area contributed by atoms with E-state index in [1.165, 1.54) is 0 Å². The SMILES string of the molecule is CCNC(=O)NC(=O)C(C)N1CCNc2ccccc21.Cl. The molecule has 3 amide bonds. The number of hydrogen-bond donors (Lipinski definition) is 3. The van der Waals surface area contributed by atoms with Gasteiger partial charge in [-0.25, -0.2) is 4.79 Å². The smallest absolute Gasteiger partial charge is 0.321 e. The molecule has 0 radical (unpaired) electrons. The molecule has 0 bridgehead atoms. The second kappa shape index (κ2) is 7.73. The number of rotatable bonds is 3. The van der Waals surface area contributed by atoms with E-state index in [1.54, 1.807) is 13.8 Å². The number of carbonyl (C=O) groups excluding carboxylic acids is 2. The van der Waals surface area contributed by atoms with E-state index in [0.717, 1.165) is 24.5 Å². The molecule has 1 unspecified atom stereocenters. The van der Waals surface area contributed by atoms with E-state index in [0.29, 0.717) is 6.54 Å². The Morgan fingerprint density at radius 2 is 2.10 bits per heavy atom. The van der Waals surface area contributed by atoms with Crippen molar-refractivity contribution < 1.29 is 9.59 Å². The largest absolute Gasteiger partial charge is 0.382 e. The minimum absolute atomic E-state index is 0. The van der Waals surface area contributed by atoms with Gasteiger partial charge in [0, 0.05) is 19.6 Å². The number of imide groups is 1. The van der Waals surface area contributed by atoms with Crippen LogP contribution in [-0.4, -0.2) is 37.6 Å². The van der Waals surface area contributed by atoms with Gasteiger partial charge in [0.25, 0.3) is 0 Å². The van der Waals surface area contributed by atoms with Crippen LogP contribution < -0.4 is 20.9 Å². The Labute approximate surface area is 130 Å². The molecular formula is C14H21ClN4O2. The standard InChI is InChI=1S/C14H20N4O2.ClH/c1-3-15-14(20)17-13(19)10(2)18-9-8-16-11-6-4-5-7-12(11)18;/h4-7,10,16H,3,8-9H2,1-2H3,(H2,15,17,19,20);1H. The third kappa shape index (κ3) is 4.01. The van der Waals surface area contributed by atoms with E-state index in [4.69, 9.17) is 0 Å². The molecule has 1 atom stereocenters. The molecule has 2 rings (SSSR count). The molecule has 1 aliphatic rings. The van der Waals surface area contributed by atoms with Crippen molar-refractivity contribution in [2.75, 3.05) is 29.9 Å². The predicted octanol–water partition coefficient (Wildman–Crippen LogP) is 1.57. The predicted molar refractivity (Wildman–Crippen MR) is 86.2 cm³/mol. The molecule has 0 aromatic heterocycles. The number of benzene rings is 1. The Balaban J connectivity index is 0.00000220. The van der Waals surface area contributed by atoms with Crippen molar-refractivity contribution in [1.82, 2.24) is 10.6 Å². The number of anilines is 2. The summed E-state index contributed by atoms with van der Waals surface area (Å²) >= 11 is 0.